The Morgan fingerprint density at radius 2 is 2.00 bits per heavy atom. The van der Waals surface area contributed by atoms with Crippen LogP contribution in [0.1, 0.15) is 11.6 Å². The van der Waals surface area contributed by atoms with Crippen molar-refractivity contribution in [2.45, 2.75) is 6.04 Å². The molecule has 1 unspecified atom stereocenters. The minimum atomic E-state index is 0.111. The van der Waals surface area contributed by atoms with Crippen LogP contribution in [0.25, 0.3) is 11.3 Å². The highest BCUT2D eigenvalue weighted by Crippen LogP contribution is 2.38. The van der Waals surface area contributed by atoms with Gasteiger partial charge >= 0.3 is 0 Å². The number of benzene rings is 1. The third kappa shape index (κ3) is 4.46. The maximum Gasteiger partial charge on any atom is 0.220 e. The molecule has 1 aromatic carbocycles. The van der Waals surface area contributed by atoms with Crippen LogP contribution >= 0.6 is 0 Å². The molecule has 3 aliphatic rings. The molecule has 2 N–H and O–H groups in total. The Balaban J connectivity index is 1.59. The van der Waals surface area contributed by atoms with Gasteiger partial charge in [-0.3, -0.25) is 9.69 Å². The van der Waals surface area contributed by atoms with Crippen molar-refractivity contribution in [2.24, 2.45) is 4.99 Å². The van der Waals surface area contributed by atoms with Gasteiger partial charge in [0.05, 0.1) is 43.2 Å². The summed E-state index contributed by atoms with van der Waals surface area (Å²) in [6.07, 6.45) is 8.25. The highest BCUT2D eigenvalue weighted by atomic mass is 16.5. The van der Waals surface area contributed by atoms with Gasteiger partial charge in [0.25, 0.3) is 0 Å². The number of amides is 1. The molecule has 0 radical (unpaired) electrons. The van der Waals surface area contributed by atoms with Gasteiger partial charge in [0.15, 0.2) is 0 Å². The molecule has 0 aliphatic carbocycles. The molecule has 178 valence electrons. The molecule has 0 spiro atoms. The molecule has 1 atom stereocenters. The van der Waals surface area contributed by atoms with Gasteiger partial charge in [-0.1, -0.05) is 12.1 Å². The Kier molecular flexibility index (Phi) is 6.41. The van der Waals surface area contributed by atoms with Crippen molar-refractivity contribution < 1.29 is 9.53 Å². The summed E-state index contributed by atoms with van der Waals surface area (Å²) >= 11 is 0. The zero-order valence-electron chi connectivity index (χ0n) is 19.4. The van der Waals surface area contributed by atoms with Crippen molar-refractivity contribution in [3.8, 4) is 11.3 Å². The molecule has 2 saturated heterocycles. The molecule has 34 heavy (non-hydrogen) atoms. The van der Waals surface area contributed by atoms with Crippen molar-refractivity contribution in [2.75, 3.05) is 75.1 Å². The average molecular weight is 463 g/mol. The van der Waals surface area contributed by atoms with E-state index in [4.69, 9.17) is 10.5 Å². The Labute approximate surface area is 199 Å². The molecule has 1 amide bonds. The lowest BCUT2D eigenvalue weighted by Gasteiger charge is -2.40. The van der Waals surface area contributed by atoms with E-state index in [1.807, 2.05) is 15.9 Å². The molecule has 4 heterocycles. The van der Waals surface area contributed by atoms with Crippen LogP contribution in [0, 0.1) is 0 Å². The summed E-state index contributed by atoms with van der Waals surface area (Å²) in [5.74, 6) is 0.230. The fourth-order valence-electron chi connectivity index (χ4n) is 4.74. The first-order valence-corrected chi connectivity index (χ1v) is 11.6. The number of aromatic nitrogens is 2. The number of hydrogen-bond donors (Lipinski definition) is 1. The minimum absolute atomic E-state index is 0.111. The lowest BCUT2D eigenvalue weighted by molar-refractivity contribution is -0.120. The largest absolute Gasteiger partial charge is 0.378 e. The monoisotopic (exact) mass is 462 g/mol. The van der Waals surface area contributed by atoms with Crippen LogP contribution in [0.15, 0.2) is 41.7 Å². The van der Waals surface area contributed by atoms with Crippen LogP contribution < -0.4 is 15.5 Å². The van der Waals surface area contributed by atoms with Crippen LogP contribution in [0.2, 0.25) is 0 Å². The van der Waals surface area contributed by atoms with Crippen LogP contribution in [0.4, 0.5) is 17.3 Å². The molecule has 0 bridgehead atoms. The molecule has 0 saturated carbocycles. The Morgan fingerprint density at radius 1 is 1.15 bits per heavy atom. The molecule has 10 heteroatoms. The van der Waals surface area contributed by atoms with E-state index in [0.29, 0.717) is 26.3 Å². The summed E-state index contributed by atoms with van der Waals surface area (Å²) in [6.45, 7) is 5.93. The van der Waals surface area contributed by atoms with Crippen LogP contribution in [0.3, 0.4) is 0 Å². The number of likely N-dealkylation sites (N-methyl/N-ethyl adjacent to an activating group) is 1. The number of nitrogens with zero attached hydrogens (tertiary/aromatic N) is 7. The third-order valence-electron chi connectivity index (χ3n) is 6.64. The quantitative estimate of drug-likeness (QED) is 0.665. The first kappa shape index (κ1) is 22.3. The topological polar surface area (TPSA) is 103 Å². The van der Waals surface area contributed by atoms with Gasteiger partial charge in [0.1, 0.15) is 0 Å². The number of nitrogen functional groups attached to an aromatic ring is 1. The number of nitrogens with two attached hydrogens (primary N) is 1. The minimum Gasteiger partial charge on any atom is -0.378 e. The second kappa shape index (κ2) is 9.78. The normalized spacial score (nSPS) is 21.2. The molecule has 1 aromatic heterocycles. The Hall–Kier alpha value is -3.50. The number of carbonyl (C=O) groups is 1. The Morgan fingerprint density at radius 3 is 2.76 bits per heavy atom. The molecule has 5 rings (SSSR count). The van der Waals surface area contributed by atoms with Gasteiger partial charge in [-0.15, -0.1) is 0 Å². The fourth-order valence-corrected chi connectivity index (χ4v) is 4.74. The molecule has 10 nitrogen and oxygen atoms in total. The van der Waals surface area contributed by atoms with E-state index in [0.717, 1.165) is 55.2 Å². The lowest BCUT2D eigenvalue weighted by Crippen LogP contribution is -2.46. The number of anilines is 3. The maximum absolute atomic E-state index is 11.5. The van der Waals surface area contributed by atoms with E-state index in [9.17, 15) is 4.79 Å². The van der Waals surface area contributed by atoms with E-state index >= 15 is 0 Å². The van der Waals surface area contributed by atoms with Crippen molar-refractivity contribution >= 4 is 30.1 Å². The fraction of sp³-hybridized carbons (Fsp3) is 0.417. The van der Waals surface area contributed by atoms with Gasteiger partial charge in [0, 0.05) is 56.7 Å². The number of ether oxygens (including phenoxy) is 1. The number of rotatable bonds is 5. The summed E-state index contributed by atoms with van der Waals surface area (Å²) in [4.78, 5) is 33.2. The van der Waals surface area contributed by atoms with Crippen LogP contribution in [-0.2, 0) is 9.53 Å². The van der Waals surface area contributed by atoms with Crippen LogP contribution in [0.5, 0.6) is 0 Å². The van der Waals surface area contributed by atoms with E-state index in [2.05, 4.69) is 50.0 Å². The first-order chi connectivity index (χ1) is 16.6. The number of piperazine rings is 1. The summed E-state index contributed by atoms with van der Waals surface area (Å²) in [6, 6.07) is 6.56. The van der Waals surface area contributed by atoms with Gasteiger partial charge in [-0.2, -0.15) is 0 Å². The van der Waals surface area contributed by atoms with Gasteiger partial charge in [-0.25, -0.2) is 15.0 Å². The summed E-state index contributed by atoms with van der Waals surface area (Å²) in [5.41, 5.74) is 10.9. The number of morpholine rings is 1. The van der Waals surface area contributed by atoms with Gasteiger partial charge in [-0.05, 0) is 24.8 Å². The average Bonchev–Trinajstić information content (AvgIpc) is 2.90. The maximum atomic E-state index is 11.5. The predicted octanol–water partition coefficient (Wildman–Crippen LogP) is 1.37. The summed E-state index contributed by atoms with van der Waals surface area (Å²) in [5, 5.41) is 0. The smallest absolute Gasteiger partial charge is 0.220 e. The summed E-state index contributed by atoms with van der Waals surface area (Å²) in [7, 11) is 2.12. The third-order valence-corrected chi connectivity index (χ3v) is 6.64. The van der Waals surface area contributed by atoms with E-state index in [1.165, 1.54) is 5.56 Å². The highest BCUT2D eigenvalue weighted by molar-refractivity contribution is 5.89. The Bertz CT molecular complexity index is 1100. The van der Waals surface area contributed by atoms with Gasteiger partial charge in [0.2, 0.25) is 12.4 Å². The molecule has 3 aliphatic heterocycles. The standard InChI is InChI=1S/C24H30N8O2/c1-29-7-8-30(17-33)15-22(29)19-4-3-18(13-20(19)31-9-11-34-12-10-31)23-21(14-27-24(25)28-23)32-6-2-5-26-16-32/h2-5,13-14,16-17,22H,6-12,15H2,1H3,(H2,25,27,28). The van der Waals surface area contributed by atoms with Crippen LogP contribution in [-0.4, -0.2) is 92.0 Å². The zero-order valence-corrected chi connectivity index (χ0v) is 19.4. The molecule has 2 fully saturated rings. The van der Waals surface area contributed by atoms with Crippen molar-refractivity contribution in [1.82, 2.24) is 19.8 Å². The molecular weight excluding hydrogens is 432 g/mol. The van der Waals surface area contributed by atoms with Crippen molar-refractivity contribution in [3.05, 3.63) is 42.2 Å². The second-order valence-electron chi connectivity index (χ2n) is 8.73. The molecular formula is C24H30N8O2. The number of aliphatic imine (C=N–C) groups is 1. The van der Waals surface area contributed by atoms with E-state index in [-0.39, 0.29) is 12.0 Å². The SMILES string of the molecule is CN1CCN(C=O)CC1c1ccc(-c2nc(N)ncc2N2C=NC=CC2)cc1N1CCOCC1. The first-order valence-electron chi connectivity index (χ1n) is 11.6. The second-order valence-corrected chi connectivity index (χ2v) is 8.73. The summed E-state index contributed by atoms with van der Waals surface area (Å²) < 4.78 is 5.62. The highest BCUT2D eigenvalue weighted by Gasteiger charge is 2.29. The van der Waals surface area contributed by atoms with Gasteiger partial charge < -0.3 is 25.2 Å². The molecule has 2 aromatic rings. The lowest BCUT2D eigenvalue weighted by atomic mass is 9.96. The zero-order chi connectivity index (χ0) is 23.5. The van der Waals surface area contributed by atoms with Crippen molar-refractivity contribution in [3.63, 3.8) is 0 Å². The van der Waals surface area contributed by atoms with Crippen molar-refractivity contribution in [1.29, 1.82) is 0 Å². The van der Waals surface area contributed by atoms with E-state index in [1.54, 1.807) is 18.7 Å². The predicted molar refractivity (Wildman–Crippen MR) is 133 cm³/mol. The van der Waals surface area contributed by atoms with E-state index < -0.39 is 0 Å². The number of hydrogen-bond acceptors (Lipinski definition) is 9. The number of carbonyl (C=O) groups excluding carboxylic acids is 1.